The van der Waals surface area contributed by atoms with Crippen LogP contribution in [0.1, 0.15) is 12.0 Å². The Bertz CT molecular complexity index is 708. The number of carbonyl (C=O) groups excluding carboxylic acids is 2. The molecule has 3 rings (SSSR count). The average Bonchev–Trinajstić information content (AvgIpc) is 3.00. The smallest absolute Gasteiger partial charge is 0.345 e. The van der Waals surface area contributed by atoms with Crippen molar-refractivity contribution in [2.45, 2.75) is 12.8 Å². The van der Waals surface area contributed by atoms with Crippen LogP contribution in [-0.4, -0.2) is 28.4 Å². The third-order valence-corrected chi connectivity index (χ3v) is 3.41. The van der Waals surface area contributed by atoms with E-state index in [1.54, 1.807) is 0 Å². The summed E-state index contributed by atoms with van der Waals surface area (Å²) in [5, 5.41) is 11.0. The normalized spacial score (nSPS) is 17.6. The van der Waals surface area contributed by atoms with Gasteiger partial charge in [0.25, 0.3) is 0 Å². The number of Topliss-reactive ketones (excluding diaryl/α,β-unsaturated/α-hetero) is 1. The number of aliphatic hydroxyl groups is 1. The lowest BCUT2D eigenvalue weighted by Gasteiger charge is -2.01. The summed E-state index contributed by atoms with van der Waals surface area (Å²) in [6, 6.07) is 7.83. The standard InChI is InChI=1S/C15H13NO4/c17-12(14-13(18)8-20-15(14)19)6-5-9-7-16-11-4-2-1-3-10(9)11/h1-4,7,16-17H,5-6,8H2. The van der Waals surface area contributed by atoms with E-state index in [9.17, 15) is 14.7 Å². The lowest BCUT2D eigenvalue weighted by atomic mass is 10.0. The maximum absolute atomic E-state index is 11.4. The second-order valence-corrected chi connectivity index (χ2v) is 4.68. The molecule has 1 aliphatic heterocycles. The SMILES string of the molecule is O=C1COC(=O)C1=C(O)CCc1c[nH]c2ccccc12. The van der Waals surface area contributed by atoms with Gasteiger partial charge in [0.1, 0.15) is 11.3 Å². The first-order valence-electron chi connectivity index (χ1n) is 6.34. The number of hydrogen-bond donors (Lipinski definition) is 2. The van der Waals surface area contributed by atoms with Gasteiger partial charge in [0.15, 0.2) is 6.61 Å². The Morgan fingerprint density at radius 2 is 2.10 bits per heavy atom. The summed E-state index contributed by atoms with van der Waals surface area (Å²) in [6.45, 7) is -0.273. The largest absolute Gasteiger partial charge is 0.511 e. The van der Waals surface area contributed by atoms with Crippen LogP contribution >= 0.6 is 0 Å². The summed E-state index contributed by atoms with van der Waals surface area (Å²) in [7, 11) is 0. The van der Waals surface area contributed by atoms with Crippen LogP contribution < -0.4 is 0 Å². The summed E-state index contributed by atoms with van der Waals surface area (Å²) < 4.78 is 4.59. The van der Waals surface area contributed by atoms with E-state index >= 15 is 0 Å². The Hall–Kier alpha value is -2.56. The van der Waals surface area contributed by atoms with Crippen LogP contribution in [0, 0.1) is 0 Å². The lowest BCUT2D eigenvalue weighted by molar-refractivity contribution is -0.135. The number of fused-ring (bicyclic) bond motifs is 1. The third kappa shape index (κ3) is 2.07. The lowest BCUT2D eigenvalue weighted by Crippen LogP contribution is -2.06. The van der Waals surface area contributed by atoms with E-state index < -0.39 is 11.8 Å². The van der Waals surface area contributed by atoms with E-state index in [1.165, 1.54) is 0 Å². The molecule has 2 N–H and O–H groups in total. The maximum atomic E-state index is 11.4. The summed E-state index contributed by atoms with van der Waals surface area (Å²) in [5.41, 5.74) is 1.85. The van der Waals surface area contributed by atoms with Crippen molar-refractivity contribution in [2.24, 2.45) is 0 Å². The summed E-state index contributed by atoms with van der Waals surface area (Å²) in [5.74, 6) is -1.37. The van der Waals surface area contributed by atoms with Crippen molar-refractivity contribution in [3.8, 4) is 0 Å². The molecule has 0 bridgehead atoms. The molecule has 1 aromatic heterocycles. The fourth-order valence-electron chi connectivity index (χ4n) is 2.38. The van der Waals surface area contributed by atoms with Crippen LogP contribution in [0.4, 0.5) is 0 Å². The highest BCUT2D eigenvalue weighted by Crippen LogP contribution is 2.22. The number of para-hydroxylation sites is 1. The minimum absolute atomic E-state index is 0.192. The van der Waals surface area contributed by atoms with Crippen molar-refractivity contribution in [3.05, 3.63) is 47.4 Å². The van der Waals surface area contributed by atoms with Gasteiger partial charge in [-0.15, -0.1) is 0 Å². The molecule has 102 valence electrons. The zero-order valence-corrected chi connectivity index (χ0v) is 10.7. The predicted molar refractivity (Wildman–Crippen MR) is 72.2 cm³/mol. The van der Waals surface area contributed by atoms with Gasteiger partial charge in [-0.1, -0.05) is 18.2 Å². The number of nitrogens with one attached hydrogen (secondary N) is 1. The highest BCUT2D eigenvalue weighted by Gasteiger charge is 2.31. The molecule has 0 spiro atoms. The molecule has 1 aromatic carbocycles. The fraction of sp³-hybridized carbons (Fsp3) is 0.200. The summed E-state index contributed by atoms with van der Waals surface area (Å²) >= 11 is 0. The van der Waals surface area contributed by atoms with Gasteiger partial charge in [-0.3, -0.25) is 4.79 Å². The number of aryl methyl sites for hydroxylation is 1. The Morgan fingerprint density at radius 1 is 1.30 bits per heavy atom. The Balaban J connectivity index is 1.81. The fourth-order valence-corrected chi connectivity index (χ4v) is 2.38. The van der Waals surface area contributed by atoms with Crippen LogP contribution in [0.15, 0.2) is 41.8 Å². The second-order valence-electron chi connectivity index (χ2n) is 4.68. The van der Waals surface area contributed by atoms with E-state index in [2.05, 4.69) is 9.72 Å². The number of esters is 1. The van der Waals surface area contributed by atoms with E-state index in [1.807, 2.05) is 30.5 Å². The molecule has 2 heterocycles. The van der Waals surface area contributed by atoms with Crippen LogP contribution in [0.3, 0.4) is 0 Å². The quantitative estimate of drug-likeness (QED) is 0.387. The molecule has 0 saturated carbocycles. The number of rotatable bonds is 3. The van der Waals surface area contributed by atoms with Crippen molar-refractivity contribution in [1.29, 1.82) is 0 Å². The number of ether oxygens (including phenoxy) is 1. The number of allylic oxidation sites excluding steroid dienone is 1. The third-order valence-electron chi connectivity index (χ3n) is 3.41. The summed E-state index contributed by atoms with van der Waals surface area (Å²) in [4.78, 5) is 25.9. The first-order valence-corrected chi connectivity index (χ1v) is 6.34. The molecule has 0 radical (unpaired) electrons. The minimum atomic E-state index is -0.730. The van der Waals surface area contributed by atoms with Crippen molar-refractivity contribution < 1.29 is 19.4 Å². The van der Waals surface area contributed by atoms with E-state index in [0.29, 0.717) is 6.42 Å². The van der Waals surface area contributed by atoms with Gasteiger partial charge in [0, 0.05) is 23.5 Å². The minimum Gasteiger partial charge on any atom is -0.511 e. The maximum Gasteiger partial charge on any atom is 0.345 e. The Labute approximate surface area is 114 Å². The topological polar surface area (TPSA) is 79.4 Å². The van der Waals surface area contributed by atoms with Crippen LogP contribution in [-0.2, 0) is 20.7 Å². The number of cyclic esters (lactones) is 1. The second kappa shape index (κ2) is 4.85. The highest BCUT2D eigenvalue weighted by atomic mass is 16.5. The van der Waals surface area contributed by atoms with Gasteiger partial charge in [0.05, 0.1) is 0 Å². The van der Waals surface area contributed by atoms with Gasteiger partial charge in [-0.2, -0.15) is 0 Å². The zero-order chi connectivity index (χ0) is 14.1. The number of aromatic nitrogens is 1. The molecule has 2 aromatic rings. The molecule has 0 unspecified atom stereocenters. The predicted octanol–water partition coefficient (Wildman–Crippen LogP) is 2.04. The van der Waals surface area contributed by atoms with Gasteiger partial charge in [-0.25, -0.2) is 4.79 Å². The number of aliphatic hydroxyl groups excluding tert-OH is 1. The molecule has 1 fully saturated rings. The van der Waals surface area contributed by atoms with Crippen LogP contribution in [0.2, 0.25) is 0 Å². The molecular formula is C15H13NO4. The molecule has 20 heavy (non-hydrogen) atoms. The Morgan fingerprint density at radius 3 is 2.85 bits per heavy atom. The number of benzene rings is 1. The summed E-state index contributed by atoms with van der Waals surface area (Å²) in [6.07, 6.45) is 2.65. The number of hydrogen-bond acceptors (Lipinski definition) is 4. The van der Waals surface area contributed by atoms with E-state index in [4.69, 9.17) is 0 Å². The van der Waals surface area contributed by atoms with Crippen LogP contribution in [0.25, 0.3) is 10.9 Å². The molecule has 1 saturated heterocycles. The molecule has 0 atom stereocenters. The Kier molecular flexibility index (Phi) is 3.02. The van der Waals surface area contributed by atoms with E-state index in [0.717, 1.165) is 16.5 Å². The first-order chi connectivity index (χ1) is 9.66. The molecule has 0 amide bonds. The van der Waals surface area contributed by atoms with Gasteiger partial charge >= 0.3 is 5.97 Å². The first kappa shape index (κ1) is 12.5. The number of H-pyrrole nitrogens is 1. The zero-order valence-electron chi connectivity index (χ0n) is 10.7. The molecular weight excluding hydrogens is 258 g/mol. The van der Waals surface area contributed by atoms with Crippen molar-refractivity contribution >= 4 is 22.7 Å². The molecule has 5 nitrogen and oxygen atoms in total. The van der Waals surface area contributed by atoms with E-state index in [-0.39, 0.29) is 24.4 Å². The number of carbonyl (C=O) groups is 2. The monoisotopic (exact) mass is 271 g/mol. The molecule has 5 heteroatoms. The number of aromatic amines is 1. The van der Waals surface area contributed by atoms with Gasteiger partial charge < -0.3 is 14.8 Å². The van der Waals surface area contributed by atoms with Gasteiger partial charge in [0.2, 0.25) is 5.78 Å². The average molecular weight is 271 g/mol. The van der Waals surface area contributed by atoms with Crippen molar-refractivity contribution in [2.75, 3.05) is 6.61 Å². The highest BCUT2D eigenvalue weighted by molar-refractivity contribution is 6.22. The van der Waals surface area contributed by atoms with Gasteiger partial charge in [-0.05, 0) is 18.1 Å². The number of ketones is 1. The van der Waals surface area contributed by atoms with Crippen molar-refractivity contribution in [3.63, 3.8) is 0 Å². The molecule has 0 aliphatic carbocycles. The molecule has 1 aliphatic rings. The van der Waals surface area contributed by atoms with Crippen molar-refractivity contribution in [1.82, 2.24) is 4.98 Å². The van der Waals surface area contributed by atoms with Crippen LogP contribution in [0.5, 0.6) is 0 Å².